The van der Waals surface area contributed by atoms with Gasteiger partial charge < -0.3 is 10.1 Å². The Kier molecular flexibility index (Phi) is 4.27. The summed E-state index contributed by atoms with van der Waals surface area (Å²) >= 11 is 9.46. The van der Waals surface area contributed by atoms with Gasteiger partial charge in [0, 0.05) is 17.3 Å². The third-order valence-corrected chi connectivity index (χ3v) is 3.64. The molecule has 6 heteroatoms. The predicted octanol–water partition coefficient (Wildman–Crippen LogP) is 4.26. The van der Waals surface area contributed by atoms with Gasteiger partial charge >= 0.3 is 0 Å². The molecule has 1 aromatic carbocycles. The molecule has 0 atom stereocenters. The lowest BCUT2D eigenvalue weighted by Gasteiger charge is -2.12. The van der Waals surface area contributed by atoms with Gasteiger partial charge in [0.05, 0.1) is 11.6 Å². The molecule has 0 bridgehead atoms. The van der Waals surface area contributed by atoms with Crippen molar-refractivity contribution in [3.63, 3.8) is 0 Å². The molecular weight excluding hydrogens is 330 g/mol. The van der Waals surface area contributed by atoms with E-state index >= 15 is 0 Å². The lowest BCUT2D eigenvalue weighted by atomic mass is 10.2. The first-order valence-electron chi connectivity index (χ1n) is 5.62. The Morgan fingerprint density at radius 2 is 2.00 bits per heavy atom. The number of methoxy groups -OCH3 is 1. The third kappa shape index (κ3) is 3.16. The molecule has 1 aromatic heterocycles. The molecule has 0 radical (unpaired) electrons. The van der Waals surface area contributed by atoms with E-state index in [0.29, 0.717) is 16.8 Å². The SMILES string of the molecule is COc1cc(Nc2nc(C)nc(Cl)c2C)ccc1Br. The van der Waals surface area contributed by atoms with Crippen molar-refractivity contribution in [3.05, 3.63) is 39.2 Å². The molecule has 19 heavy (non-hydrogen) atoms. The second-order valence-electron chi connectivity index (χ2n) is 4.01. The Morgan fingerprint density at radius 1 is 1.26 bits per heavy atom. The van der Waals surface area contributed by atoms with Crippen LogP contribution in [0.5, 0.6) is 5.75 Å². The molecule has 0 spiro atoms. The Bertz CT molecular complexity index is 619. The number of hydrogen-bond acceptors (Lipinski definition) is 4. The van der Waals surface area contributed by atoms with Gasteiger partial charge in [-0.25, -0.2) is 9.97 Å². The summed E-state index contributed by atoms with van der Waals surface area (Å²) in [7, 11) is 1.63. The van der Waals surface area contributed by atoms with E-state index < -0.39 is 0 Å². The van der Waals surface area contributed by atoms with Crippen LogP contribution in [0.1, 0.15) is 11.4 Å². The first kappa shape index (κ1) is 14.1. The number of benzene rings is 1. The smallest absolute Gasteiger partial charge is 0.138 e. The lowest BCUT2D eigenvalue weighted by molar-refractivity contribution is 0.412. The van der Waals surface area contributed by atoms with E-state index in [1.165, 1.54) is 0 Å². The van der Waals surface area contributed by atoms with Gasteiger partial charge in [-0.3, -0.25) is 0 Å². The fourth-order valence-electron chi connectivity index (χ4n) is 1.59. The quantitative estimate of drug-likeness (QED) is 0.847. The maximum absolute atomic E-state index is 6.05. The van der Waals surface area contributed by atoms with E-state index in [4.69, 9.17) is 16.3 Å². The summed E-state index contributed by atoms with van der Waals surface area (Å²) < 4.78 is 6.15. The van der Waals surface area contributed by atoms with Crippen LogP contribution in [-0.4, -0.2) is 17.1 Å². The highest BCUT2D eigenvalue weighted by Gasteiger charge is 2.09. The summed E-state index contributed by atoms with van der Waals surface area (Å²) in [6, 6.07) is 5.72. The fourth-order valence-corrected chi connectivity index (χ4v) is 2.21. The molecule has 0 aliphatic rings. The van der Waals surface area contributed by atoms with Crippen molar-refractivity contribution in [1.82, 2.24) is 9.97 Å². The van der Waals surface area contributed by atoms with Gasteiger partial charge in [0.2, 0.25) is 0 Å². The Morgan fingerprint density at radius 3 is 2.68 bits per heavy atom. The zero-order valence-corrected chi connectivity index (χ0v) is 13.1. The van der Waals surface area contributed by atoms with Crippen LogP contribution in [0.15, 0.2) is 22.7 Å². The van der Waals surface area contributed by atoms with E-state index in [1.807, 2.05) is 25.1 Å². The van der Waals surface area contributed by atoms with E-state index in [1.54, 1.807) is 14.0 Å². The number of aromatic nitrogens is 2. The summed E-state index contributed by atoms with van der Waals surface area (Å²) in [5, 5.41) is 3.68. The molecule has 0 amide bonds. The van der Waals surface area contributed by atoms with Gasteiger partial charge in [-0.2, -0.15) is 0 Å². The normalized spacial score (nSPS) is 10.4. The standard InChI is InChI=1S/C13H13BrClN3O/c1-7-12(15)16-8(2)17-13(7)18-9-4-5-10(14)11(6-9)19-3/h4-6H,1-3H3,(H,16,17,18). The highest BCUT2D eigenvalue weighted by atomic mass is 79.9. The third-order valence-electron chi connectivity index (χ3n) is 2.61. The number of ether oxygens (including phenoxy) is 1. The van der Waals surface area contributed by atoms with E-state index in [9.17, 15) is 0 Å². The second kappa shape index (κ2) is 5.75. The number of rotatable bonds is 3. The molecule has 2 aromatic rings. The van der Waals surface area contributed by atoms with Crippen LogP contribution < -0.4 is 10.1 Å². The first-order valence-corrected chi connectivity index (χ1v) is 6.79. The molecule has 0 aliphatic carbocycles. The summed E-state index contributed by atoms with van der Waals surface area (Å²) in [6.45, 7) is 3.68. The highest BCUT2D eigenvalue weighted by molar-refractivity contribution is 9.10. The molecule has 1 N–H and O–H groups in total. The molecular formula is C13H13BrClN3O. The second-order valence-corrected chi connectivity index (χ2v) is 5.22. The highest BCUT2D eigenvalue weighted by Crippen LogP contribution is 2.30. The van der Waals surface area contributed by atoms with Gasteiger partial charge in [0.1, 0.15) is 22.5 Å². The summed E-state index contributed by atoms with van der Waals surface area (Å²) in [6.07, 6.45) is 0. The predicted molar refractivity (Wildman–Crippen MR) is 80.5 cm³/mol. The minimum atomic E-state index is 0.457. The van der Waals surface area contributed by atoms with Crippen molar-refractivity contribution in [3.8, 4) is 5.75 Å². The van der Waals surface area contributed by atoms with Crippen molar-refractivity contribution in [2.75, 3.05) is 12.4 Å². The molecule has 0 unspecified atom stereocenters. The molecule has 0 saturated carbocycles. The Labute approximate surface area is 125 Å². The zero-order valence-electron chi connectivity index (χ0n) is 10.8. The van der Waals surface area contributed by atoms with Crippen molar-refractivity contribution in [2.24, 2.45) is 0 Å². The lowest BCUT2D eigenvalue weighted by Crippen LogP contribution is -2.01. The topological polar surface area (TPSA) is 47.0 Å². The van der Waals surface area contributed by atoms with Crippen LogP contribution in [0.25, 0.3) is 0 Å². The number of hydrogen-bond donors (Lipinski definition) is 1. The molecule has 100 valence electrons. The molecule has 1 heterocycles. The number of aryl methyl sites for hydroxylation is 1. The summed E-state index contributed by atoms with van der Waals surface area (Å²) in [5.74, 6) is 2.07. The van der Waals surface area contributed by atoms with E-state index in [2.05, 4.69) is 31.2 Å². The number of nitrogens with zero attached hydrogens (tertiary/aromatic N) is 2. The average molecular weight is 343 g/mol. The summed E-state index contributed by atoms with van der Waals surface area (Å²) in [5.41, 5.74) is 1.69. The maximum atomic E-state index is 6.05. The Hall–Kier alpha value is -1.33. The molecule has 4 nitrogen and oxygen atoms in total. The van der Waals surface area contributed by atoms with Crippen molar-refractivity contribution in [1.29, 1.82) is 0 Å². The summed E-state index contributed by atoms with van der Waals surface area (Å²) in [4.78, 5) is 8.45. The Balaban J connectivity index is 2.36. The number of halogens is 2. The molecule has 0 saturated heterocycles. The maximum Gasteiger partial charge on any atom is 0.138 e. The van der Waals surface area contributed by atoms with E-state index in [0.717, 1.165) is 21.5 Å². The van der Waals surface area contributed by atoms with Gasteiger partial charge in [0.25, 0.3) is 0 Å². The van der Waals surface area contributed by atoms with Crippen LogP contribution in [0.2, 0.25) is 5.15 Å². The van der Waals surface area contributed by atoms with Crippen molar-refractivity contribution >= 4 is 39.0 Å². The van der Waals surface area contributed by atoms with Crippen LogP contribution in [0.3, 0.4) is 0 Å². The molecule has 0 aliphatic heterocycles. The average Bonchev–Trinajstić information content (AvgIpc) is 2.37. The molecule has 2 rings (SSSR count). The first-order chi connectivity index (χ1) is 9.01. The fraction of sp³-hybridized carbons (Fsp3) is 0.231. The monoisotopic (exact) mass is 341 g/mol. The van der Waals surface area contributed by atoms with Crippen molar-refractivity contribution in [2.45, 2.75) is 13.8 Å². The minimum absolute atomic E-state index is 0.457. The van der Waals surface area contributed by atoms with Crippen molar-refractivity contribution < 1.29 is 4.74 Å². The van der Waals surface area contributed by atoms with Crippen LogP contribution in [-0.2, 0) is 0 Å². The van der Waals surface area contributed by atoms with Crippen LogP contribution >= 0.6 is 27.5 Å². The van der Waals surface area contributed by atoms with Gasteiger partial charge in [-0.15, -0.1) is 0 Å². The number of anilines is 2. The van der Waals surface area contributed by atoms with Crippen LogP contribution in [0, 0.1) is 13.8 Å². The van der Waals surface area contributed by atoms with Gasteiger partial charge in [-0.1, -0.05) is 11.6 Å². The largest absolute Gasteiger partial charge is 0.495 e. The molecule has 0 fully saturated rings. The van der Waals surface area contributed by atoms with Gasteiger partial charge in [0.15, 0.2) is 0 Å². The van der Waals surface area contributed by atoms with Crippen LogP contribution in [0.4, 0.5) is 11.5 Å². The minimum Gasteiger partial charge on any atom is -0.495 e. The van der Waals surface area contributed by atoms with E-state index in [-0.39, 0.29) is 0 Å². The van der Waals surface area contributed by atoms with Gasteiger partial charge in [-0.05, 0) is 41.9 Å². The zero-order chi connectivity index (χ0) is 14.0. The number of nitrogens with one attached hydrogen (secondary N) is 1.